The van der Waals surface area contributed by atoms with Crippen molar-refractivity contribution in [2.75, 3.05) is 11.9 Å². The second kappa shape index (κ2) is 11.2. The lowest BCUT2D eigenvalue weighted by atomic mass is 10.1. The Morgan fingerprint density at radius 2 is 1.77 bits per heavy atom. The van der Waals surface area contributed by atoms with E-state index in [1.807, 2.05) is 48.5 Å². The van der Waals surface area contributed by atoms with Gasteiger partial charge in [-0.3, -0.25) is 0 Å². The highest BCUT2D eigenvalue weighted by Gasteiger charge is 2.28. The van der Waals surface area contributed by atoms with Gasteiger partial charge in [0, 0.05) is 22.6 Å². The first kappa shape index (κ1) is 25.6. The normalized spacial score (nSPS) is 13.8. The topological polar surface area (TPSA) is 99.4 Å². The average molecular weight is 551 g/mol. The number of thioether (sulfide) groups is 1. The molecule has 0 saturated carbocycles. The molecular weight excluding hydrogens is 524 g/mol. The number of ether oxygens (including phenoxy) is 2. The maximum absolute atomic E-state index is 12.0. The Balaban J connectivity index is 1.26. The second-order valence-electron chi connectivity index (χ2n) is 9.21. The van der Waals surface area contributed by atoms with Crippen LogP contribution in [0.5, 0.6) is 5.88 Å². The predicted molar refractivity (Wildman–Crippen MR) is 153 cm³/mol. The molecule has 0 radical (unpaired) electrons. The molecule has 0 saturated heterocycles. The molecule has 200 valence electrons. The highest BCUT2D eigenvalue weighted by atomic mass is 32.2. The lowest BCUT2D eigenvalue weighted by Gasteiger charge is -2.16. The number of carbonyl (C=O) groups excluding carboxylic acids is 1. The van der Waals surface area contributed by atoms with Gasteiger partial charge in [-0.1, -0.05) is 71.9 Å². The number of furan rings is 1. The summed E-state index contributed by atoms with van der Waals surface area (Å²) < 4.78 is 17.7. The van der Waals surface area contributed by atoms with E-state index in [2.05, 4.69) is 46.7 Å². The van der Waals surface area contributed by atoms with Gasteiger partial charge in [0.15, 0.2) is 11.5 Å². The van der Waals surface area contributed by atoms with Crippen LogP contribution in [0.1, 0.15) is 40.4 Å². The number of nitrogens with zero attached hydrogens (tertiary/aromatic N) is 3. The zero-order chi connectivity index (χ0) is 27.5. The van der Waals surface area contributed by atoms with Gasteiger partial charge in [0.05, 0.1) is 12.2 Å². The number of hydrogen-bond acceptors (Lipinski definition) is 9. The molecule has 0 amide bonds. The zero-order valence-electron chi connectivity index (χ0n) is 22.0. The van der Waals surface area contributed by atoms with Crippen LogP contribution in [-0.2, 0) is 10.5 Å². The molecule has 1 atom stereocenters. The first-order chi connectivity index (χ1) is 19.6. The van der Waals surface area contributed by atoms with Crippen molar-refractivity contribution >= 4 is 23.4 Å². The summed E-state index contributed by atoms with van der Waals surface area (Å²) in [6, 6.07) is 27.0. The number of carbonyl (C=O) groups is 1. The van der Waals surface area contributed by atoms with Gasteiger partial charge in [-0.05, 0) is 49.7 Å². The number of aromatic nitrogens is 3. The van der Waals surface area contributed by atoms with Crippen LogP contribution >= 0.6 is 11.8 Å². The van der Waals surface area contributed by atoms with Crippen molar-refractivity contribution in [3.05, 3.63) is 107 Å². The van der Waals surface area contributed by atoms with Crippen molar-refractivity contribution in [1.29, 1.82) is 0 Å². The molecule has 0 fully saturated rings. The molecule has 6 rings (SSSR count). The van der Waals surface area contributed by atoms with Crippen molar-refractivity contribution < 1.29 is 18.7 Å². The van der Waals surface area contributed by atoms with E-state index in [1.165, 1.54) is 22.9 Å². The van der Waals surface area contributed by atoms with Crippen LogP contribution in [0.3, 0.4) is 0 Å². The van der Waals surface area contributed by atoms with E-state index >= 15 is 0 Å². The van der Waals surface area contributed by atoms with E-state index < -0.39 is 6.23 Å². The molecule has 0 unspecified atom stereocenters. The van der Waals surface area contributed by atoms with E-state index in [1.54, 1.807) is 19.1 Å². The highest BCUT2D eigenvalue weighted by Crippen LogP contribution is 2.40. The third kappa shape index (κ3) is 5.41. The second-order valence-corrected chi connectivity index (χ2v) is 10.2. The summed E-state index contributed by atoms with van der Waals surface area (Å²) in [6.07, 6.45) is -0.651. The van der Waals surface area contributed by atoms with Crippen LogP contribution in [0.2, 0.25) is 0 Å². The van der Waals surface area contributed by atoms with Crippen LogP contribution in [-0.4, -0.2) is 27.8 Å². The molecule has 3 aromatic carbocycles. The standard InChI is InChI=1S/C31H26N4O4S/c1-3-37-30(36)22-14-12-21(13-15-22)25-16-17-26(38-25)28-32-24-7-5-4-6-23(24)27-29(39-28)33-31(35-34-27)40-18-20-10-8-19(2)9-11-20/h4-17,28,32H,3,18H2,1-2H3/t28-/m1/s1. The fourth-order valence-corrected chi connectivity index (χ4v) is 5.04. The fourth-order valence-electron chi connectivity index (χ4n) is 4.30. The smallest absolute Gasteiger partial charge is 0.338 e. The molecule has 8 nitrogen and oxygen atoms in total. The highest BCUT2D eigenvalue weighted by molar-refractivity contribution is 7.98. The molecule has 1 aliphatic heterocycles. The number of hydrogen-bond donors (Lipinski definition) is 1. The predicted octanol–water partition coefficient (Wildman–Crippen LogP) is 7.08. The lowest BCUT2D eigenvalue weighted by Crippen LogP contribution is -2.16. The van der Waals surface area contributed by atoms with E-state index in [4.69, 9.17) is 18.9 Å². The molecule has 1 N–H and O–H groups in total. The van der Waals surface area contributed by atoms with E-state index in [0.717, 1.165) is 22.6 Å². The summed E-state index contributed by atoms with van der Waals surface area (Å²) in [5.41, 5.74) is 5.95. The quantitative estimate of drug-likeness (QED) is 0.168. The Bertz CT molecular complexity index is 1650. The average Bonchev–Trinajstić information content (AvgIpc) is 3.41. The van der Waals surface area contributed by atoms with Crippen LogP contribution in [0.25, 0.3) is 22.6 Å². The molecule has 1 aliphatic rings. The van der Waals surface area contributed by atoms with E-state index in [0.29, 0.717) is 40.4 Å². The molecule has 3 heterocycles. The van der Waals surface area contributed by atoms with Gasteiger partial charge in [-0.2, -0.15) is 4.98 Å². The lowest BCUT2D eigenvalue weighted by molar-refractivity contribution is 0.0526. The number of anilines is 1. The third-order valence-electron chi connectivity index (χ3n) is 6.39. The molecular formula is C31H26N4O4S. The van der Waals surface area contributed by atoms with Gasteiger partial charge in [-0.25, -0.2) is 4.79 Å². The Morgan fingerprint density at radius 1 is 0.975 bits per heavy atom. The molecule has 5 aromatic rings. The maximum Gasteiger partial charge on any atom is 0.338 e. The number of esters is 1. The number of benzene rings is 3. The maximum atomic E-state index is 12.0. The summed E-state index contributed by atoms with van der Waals surface area (Å²) in [6.45, 7) is 4.18. The van der Waals surface area contributed by atoms with Crippen LogP contribution in [0, 0.1) is 6.92 Å². The largest absolute Gasteiger partial charge is 0.462 e. The van der Waals surface area contributed by atoms with Gasteiger partial charge in [0.25, 0.3) is 0 Å². The Hall–Kier alpha value is -4.63. The van der Waals surface area contributed by atoms with Crippen LogP contribution < -0.4 is 10.1 Å². The van der Waals surface area contributed by atoms with Crippen molar-refractivity contribution in [2.45, 2.75) is 31.0 Å². The number of fused-ring (bicyclic) bond motifs is 3. The van der Waals surface area contributed by atoms with Crippen molar-refractivity contribution in [2.24, 2.45) is 0 Å². The summed E-state index contributed by atoms with van der Waals surface area (Å²) >= 11 is 1.50. The number of aryl methyl sites for hydroxylation is 1. The summed E-state index contributed by atoms with van der Waals surface area (Å²) in [5.74, 6) is 1.95. The Labute approximate surface area is 235 Å². The van der Waals surface area contributed by atoms with E-state index in [-0.39, 0.29) is 5.97 Å². The van der Waals surface area contributed by atoms with Gasteiger partial charge in [-0.15, -0.1) is 10.2 Å². The molecule has 0 spiro atoms. The summed E-state index contributed by atoms with van der Waals surface area (Å²) in [4.78, 5) is 16.7. The molecule has 2 aromatic heterocycles. The number of rotatable bonds is 7. The minimum absolute atomic E-state index is 0.330. The zero-order valence-corrected chi connectivity index (χ0v) is 22.8. The fraction of sp³-hybridized carbons (Fsp3) is 0.161. The van der Waals surface area contributed by atoms with Gasteiger partial charge < -0.3 is 19.2 Å². The first-order valence-electron chi connectivity index (χ1n) is 12.9. The van der Waals surface area contributed by atoms with Crippen LogP contribution in [0.4, 0.5) is 5.69 Å². The van der Waals surface area contributed by atoms with Crippen molar-refractivity contribution in [1.82, 2.24) is 15.2 Å². The monoisotopic (exact) mass is 550 g/mol. The van der Waals surface area contributed by atoms with E-state index in [9.17, 15) is 4.79 Å². The summed E-state index contributed by atoms with van der Waals surface area (Å²) in [7, 11) is 0. The molecule has 0 aliphatic carbocycles. The molecule has 40 heavy (non-hydrogen) atoms. The molecule has 0 bridgehead atoms. The van der Waals surface area contributed by atoms with Gasteiger partial charge in [0.2, 0.25) is 17.3 Å². The van der Waals surface area contributed by atoms with Crippen molar-refractivity contribution in [3.63, 3.8) is 0 Å². The molecule has 9 heteroatoms. The Morgan fingerprint density at radius 3 is 2.58 bits per heavy atom. The van der Waals surface area contributed by atoms with Gasteiger partial charge in [0.1, 0.15) is 5.76 Å². The van der Waals surface area contributed by atoms with Gasteiger partial charge >= 0.3 is 5.97 Å². The van der Waals surface area contributed by atoms with Crippen molar-refractivity contribution in [3.8, 4) is 28.5 Å². The minimum atomic E-state index is -0.651. The third-order valence-corrected chi connectivity index (χ3v) is 7.30. The number of para-hydroxylation sites is 1. The first-order valence-corrected chi connectivity index (χ1v) is 13.9. The Kier molecular flexibility index (Phi) is 7.20. The van der Waals surface area contributed by atoms with Crippen LogP contribution in [0.15, 0.2) is 94.5 Å². The SMILES string of the molecule is CCOC(=O)c1ccc(-c2ccc([C@@H]3Nc4ccccc4-c4nnc(SCc5ccc(C)cc5)nc4O3)o2)cc1. The minimum Gasteiger partial charge on any atom is -0.462 e. The summed E-state index contributed by atoms with van der Waals surface area (Å²) in [5, 5.41) is 12.8. The number of nitrogens with one attached hydrogen (secondary N) is 1.